The first kappa shape index (κ1) is 10.9. The molecule has 1 aliphatic rings. The van der Waals surface area contributed by atoms with Crippen molar-refractivity contribution in [2.75, 3.05) is 40.3 Å². The average molecular weight is 192 g/mol. The van der Waals surface area contributed by atoms with Gasteiger partial charge in [-0.15, -0.1) is 0 Å². The molecule has 2 nitrogen and oxygen atoms in total. The fourth-order valence-electron chi connectivity index (χ4n) is 1.45. The van der Waals surface area contributed by atoms with Crippen molar-refractivity contribution < 1.29 is 8.78 Å². The van der Waals surface area contributed by atoms with Gasteiger partial charge in [-0.2, -0.15) is 0 Å². The van der Waals surface area contributed by atoms with Gasteiger partial charge in [0.05, 0.1) is 0 Å². The summed E-state index contributed by atoms with van der Waals surface area (Å²) in [4.78, 5) is 4.18. The summed E-state index contributed by atoms with van der Waals surface area (Å²) in [5.41, 5.74) is 0. The lowest BCUT2D eigenvalue weighted by Crippen LogP contribution is -2.42. The highest BCUT2D eigenvalue weighted by atomic mass is 19.3. The van der Waals surface area contributed by atoms with E-state index in [-0.39, 0.29) is 12.8 Å². The normalized spacial score (nSPS) is 23.8. The third-order valence-electron chi connectivity index (χ3n) is 2.45. The van der Waals surface area contributed by atoms with Crippen molar-refractivity contribution in [3.63, 3.8) is 0 Å². The molecule has 78 valence electrons. The molecule has 0 bridgehead atoms. The molecule has 0 amide bonds. The SMILES string of the molecule is CN(C)CCN1CCC(F)(F)CC1. The molecule has 0 unspecified atom stereocenters. The standard InChI is InChI=1S/C9H18F2N2/c1-12(2)7-8-13-5-3-9(10,11)4-6-13/h3-8H2,1-2H3. The monoisotopic (exact) mass is 192 g/mol. The van der Waals surface area contributed by atoms with E-state index >= 15 is 0 Å². The third kappa shape index (κ3) is 4.00. The molecular formula is C9H18F2N2. The Hall–Kier alpha value is -0.220. The Morgan fingerprint density at radius 3 is 2.23 bits per heavy atom. The molecular weight excluding hydrogens is 174 g/mol. The van der Waals surface area contributed by atoms with E-state index in [2.05, 4.69) is 9.80 Å². The predicted octanol–water partition coefficient (Wildman–Crippen LogP) is 1.28. The van der Waals surface area contributed by atoms with Crippen molar-refractivity contribution in [1.82, 2.24) is 9.80 Å². The largest absolute Gasteiger partial charge is 0.308 e. The molecule has 0 atom stereocenters. The molecule has 0 radical (unpaired) electrons. The van der Waals surface area contributed by atoms with E-state index in [0.717, 1.165) is 13.1 Å². The zero-order chi connectivity index (χ0) is 9.90. The van der Waals surface area contributed by atoms with E-state index in [1.807, 2.05) is 14.1 Å². The van der Waals surface area contributed by atoms with Crippen LogP contribution in [0.3, 0.4) is 0 Å². The van der Waals surface area contributed by atoms with Crippen LogP contribution in [0.2, 0.25) is 0 Å². The summed E-state index contributed by atoms with van der Waals surface area (Å²) in [5.74, 6) is -2.41. The smallest absolute Gasteiger partial charge is 0.250 e. The first-order valence-electron chi connectivity index (χ1n) is 4.74. The van der Waals surface area contributed by atoms with Crippen LogP contribution in [0.25, 0.3) is 0 Å². The Morgan fingerprint density at radius 2 is 1.77 bits per heavy atom. The lowest BCUT2D eigenvalue weighted by atomic mass is 10.1. The average Bonchev–Trinajstić information content (AvgIpc) is 2.02. The number of nitrogens with zero attached hydrogens (tertiary/aromatic N) is 2. The van der Waals surface area contributed by atoms with E-state index < -0.39 is 5.92 Å². The summed E-state index contributed by atoms with van der Waals surface area (Å²) in [6.07, 6.45) is 0.0564. The van der Waals surface area contributed by atoms with Gasteiger partial charge in [0.2, 0.25) is 0 Å². The zero-order valence-corrected chi connectivity index (χ0v) is 8.39. The minimum absolute atomic E-state index is 0.0282. The number of piperidine rings is 1. The highest BCUT2D eigenvalue weighted by molar-refractivity contribution is 4.77. The quantitative estimate of drug-likeness (QED) is 0.664. The van der Waals surface area contributed by atoms with Crippen LogP contribution in [-0.2, 0) is 0 Å². The molecule has 1 aliphatic heterocycles. The van der Waals surface area contributed by atoms with Gasteiger partial charge in [-0.25, -0.2) is 8.78 Å². The molecule has 0 aromatic carbocycles. The lowest BCUT2D eigenvalue weighted by Gasteiger charge is -2.32. The lowest BCUT2D eigenvalue weighted by molar-refractivity contribution is -0.0555. The number of rotatable bonds is 3. The summed E-state index contributed by atoms with van der Waals surface area (Å²) in [7, 11) is 4.00. The van der Waals surface area contributed by atoms with Gasteiger partial charge in [-0.3, -0.25) is 0 Å². The number of hydrogen-bond acceptors (Lipinski definition) is 2. The molecule has 0 aromatic heterocycles. The summed E-state index contributed by atoms with van der Waals surface area (Å²) in [6.45, 7) is 2.94. The molecule has 0 N–H and O–H groups in total. The van der Waals surface area contributed by atoms with Crippen LogP contribution in [-0.4, -0.2) is 56.0 Å². The van der Waals surface area contributed by atoms with Gasteiger partial charge in [0, 0.05) is 39.0 Å². The highest BCUT2D eigenvalue weighted by Gasteiger charge is 2.33. The van der Waals surface area contributed by atoms with Crippen LogP contribution < -0.4 is 0 Å². The maximum atomic E-state index is 12.7. The van der Waals surface area contributed by atoms with E-state index in [0.29, 0.717) is 13.1 Å². The van der Waals surface area contributed by atoms with Crippen LogP contribution in [0.15, 0.2) is 0 Å². The van der Waals surface area contributed by atoms with Gasteiger partial charge in [-0.1, -0.05) is 0 Å². The molecule has 1 heterocycles. The van der Waals surface area contributed by atoms with Crippen molar-refractivity contribution in [2.24, 2.45) is 0 Å². The molecule has 0 spiro atoms. The number of hydrogen-bond donors (Lipinski definition) is 0. The number of alkyl halides is 2. The van der Waals surface area contributed by atoms with Gasteiger partial charge in [0.1, 0.15) is 0 Å². The van der Waals surface area contributed by atoms with Crippen molar-refractivity contribution >= 4 is 0 Å². The van der Waals surface area contributed by atoms with Crippen LogP contribution >= 0.6 is 0 Å². The Bertz CT molecular complexity index is 147. The Labute approximate surface area is 78.5 Å². The van der Waals surface area contributed by atoms with E-state index in [1.165, 1.54) is 0 Å². The van der Waals surface area contributed by atoms with Crippen molar-refractivity contribution in [2.45, 2.75) is 18.8 Å². The molecule has 1 saturated heterocycles. The second-order valence-corrected chi connectivity index (χ2v) is 4.00. The molecule has 1 rings (SSSR count). The van der Waals surface area contributed by atoms with Crippen molar-refractivity contribution in [1.29, 1.82) is 0 Å². The summed E-state index contributed by atoms with van der Waals surface area (Å²) < 4.78 is 25.5. The Morgan fingerprint density at radius 1 is 1.23 bits per heavy atom. The van der Waals surface area contributed by atoms with Crippen molar-refractivity contribution in [3.8, 4) is 0 Å². The Balaban J connectivity index is 2.18. The summed E-state index contributed by atoms with van der Waals surface area (Å²) in [6, 6.07) is 0. The van der Waals surface area contributed by atoms with Crippen LogP contribution in [0.1, 0.15) is 12.8 Å². The molecule has 0 saturated carbocycles. The number of likely N-dealkylation sites (tertiary alicyclic amines) is 1. The molecule has 4 heteroatoms. The van der Waals surface area contributed by atoms with Crippen LogP contribution in [0.4, 0.5) is 8.78 Å². The highest BCUT2D eigenvalue weighted by Crippen LogP contribution is 2.27. The van der Waals surface area contributed by atoms with E-state index in [1.54, 1.807) is 0 Å². The zero-order valence-electron chi connectivity index (χ0n) is 8.39. The first-order chi connectivity index (χ1) is 5.99. The van der Waals surface area contributed by atoms with E-state index in [4.69, 9.17) is 0 Å². The topological polar surface area (TPSA) is 6.48 Å². The fourth-order valence-corrected chi connectivity index (χ4v) is 1.45. The third-order valence-corrected chi connectivity index (χ3v) is 2.45. The Kier molecular flexibility index (Phi) is 3.62. The van der Waals surface area contributed by atoms with Gasteiger partial charge in [0.25, 0.3) is 5.92 Å². The minimum Gasteiger partial charge on any atom is -0.308 e. The molecule has 13 heavy (non-hydrogen) atoms. The molecule has 0 aliphatic carbocycles. The fraction of sp³-hybridized carbons (Fsp3) is 1.00. The van der Waals surface area contributed by atoms with Gasteiger partial charge < -0.3 is 9.80 Å². The van der Waals surface area contributed by atoms with Crippen LogP contribution in [0.5, 0.6) is 0 Å². The summed E-state index contributed by atoms with van der Waals surface area (Å²) in [5, 5.41) is 0. The van der Waals surface area contributed by atoms with Gasteiger partial charge in [-0.05, 0) is 14.1 Å². The first-order valence-corrected chi connectivity index (χ1v) is 4.74. The molecule has 1 fully saturated rings. The predicted molar refractivity (Wildman–Crippen MR) is 49.2 cm³/mol. The molecule has 0 aromatic rings. The number of likely N-dealkylation sites (N-methyl/N-ethyl adjacent to an activating group) is 1. The maximum absolute atomic E-state index is 12.7. The minimum atomic E-state index is -2.41. The second-order valence-electron chi connectivity index (χ2n) is 4.00. The van der Waals surface area contributed by atoms with Crippen molar-refractivity contribution in [3.05, 3.63) is 0 Å². The maximum Gasteiger partial charge on any atom is 0.250 e. The van der Waals surface area contributed by atoms with Gasteiger partial charge in [0.15, 0.2) is 0 Å². The van der Waals surface area contributed by atoms with Crippen LogP contribution in [0, 0.1) is 0 Å². The van der Waals surface area contributed by atoms with E-state index in [9.17, 15) is 8.78 Å². The second kappa shape index (κ2) is 4.33. The number of halogens is 2. The summed E-state index contributed by atoms with van der Waals surface area (Å²) >= 11 is 0. The van der Waals surface area contributed by atoms with Gasteiger partial charge >= 0.3 is 0 Å².